The number of likely N-dealkylation sites (tertiary alicyclic amines) is 1. The number of carbonyl (C=O) groups is 1. The Morgan fingerprint density at radius 2 is 2.33 bits per heavy atom. The van der Waals surface area contributed by atoms with Gasteiger partial charge < -0.3 is 19.7 Å². The summed E-state index contributed by atoms with van der Waals surface area (Å²) in [4.78, 5) is 29.2. The lowest BCUT2D eigenvalue weighted by Crippen LogP contribution is -2.53. The summed E-state index contributed by atoms with van der Waals surface area (Å²) in [6.07, 6.45) is 1.49. The molecule has 3 rings (SSSR count). The van der Waals surface area contributed by atoms with Crippen LogP contribution in [0.3, 0.4) is 0 Å². The summed E-state index contributed by atoms with van der Waals surface area (Å²) in [6, 6.07) is -0.0849. The van der Waals surface area contributed by atoms with Gasteiger partial charge in [-0.15, -0.1) is 0 Å². The number of anilines is 1. The summed E-state index contributed by atoms with van der Waals surface area (Å²) in [7, 11) is 0. The van der Waals surface area contributed by atoms with E-state index in [9.17, 15) is 4.79 Å². The van der Waals surface area contributed by atoms with Crippen LogP contribution < -0.4 is 11.3 Å². The zero-order chi connectivity index (χ0) is 15.0. The van der Waals surface area contributed by atoms with E-state index >= 15 is 0 Å². The van der Waals surface area contributed by atoms with Gasteiger partial charge in [-0.05, 0) is 11.6 Å². The number of nitrogens with zero attached hydrogens (tertiary/aromatic N) is 6. The molecule has 10 heteroatoms. The predicted octanol–water partition coefficient (Wildman–Crippen LogP) is -0.105. The highest BCUT2D eigenvalue weighted by molar-refractivity contribution is 6.28. The van der Waals surface area contributed by atoms with Gasteiger partial charge in [0.1, 0.15) is 6.54 Å². The lowest BCUT2D eigenvalue weighted by atomic mass is 10.1. The molecule has 9 nitrogen and oxygen atoms in total. The Labute approximate surface area is 124 Å². The number of nitrogen functional groups attached to an aromatic ring is 1. The number of imidazole rings is 1. The third-order valence-electron chi connectivity index (χ3n) is 3.28. The van der Waals surface area contributed by atoms with Crippen LogP contribution in [0.25, 0.3) is 16.0 Å². The van der Waals surface area contributed by atoms with E-state index in [0.29, 0.717) is 30.1 Å². The van der Waals surface area contributed by atoms with Crippen molar-refractivity contribution in [3.63, 3.8) is 0 Å². The molecule has 1 fully saturated rings. The largest absolute Gasteiger partial charge is 0.325 e. The number of carbonyl (C=O) groups excluding carboxylic acids is 1. The van der Waals surface area contributed by atoms with Crippen molar-refractivity contribution >= 4 is 34.5 Å². The van der Waals surface area contributed by atoms with Gasteiger partial charge in [0.05, 0.1) is 19.4 Å². The molecule has 0 bridgehead atoms. The van der Waals surface area contributed by atoms with E-state index < -0.39 is 0 Å². The van der Waals surface area contributed by atoms with Gasteiger partial charge in [-0.1, -0.05) is 0 Å². The van der Waals surface area contributed by atoms with Crippen LogP contribution in [0.2, 0.25) is 5.28 Å². The molecule has 1 aliphatic rings. The van der Waals surface area contributed by atoms with Crippen molar-refractivity contribution in [2.45, 2.75) is 12.6 Å². The van der Waals surface area contributed by atoms with E-state index in [-0.39, 0.29) is 23.8 Å². The molecule has 1 amide bonds. The van der Waals surface area contributed by atoms with Crippen LogP contribution in [0.15, 0.2) is 6.33 Å². The highest BCUT2D eigenvalue weighted by Gasteiger charge is 2.35. The summed E-state index contributed by atoms with van der Waals surface area (Å²) in [5.41, 5.74) is 3.27. The minimum absolute atomic E-state index is 0.0154. The third kappa shape index (κ3) is 2.35. The number of halogens is 1. The molecule has 1 aliphatic heterocycles. The second-order valence-electron chi connectivity index (χ2n) is 4.61. The molecule has 3 heterocycles. The highest BCUT2D eigenvalue weighted by atomic mass is 35.5. The molecule has 0 spiro atoms. The standard InChI is InChI=1S/C11H11ClN8O/c1-14-6-2-19(3-6)7(21)4-20-5-15-8-9(18-13)16-11(12)17-10(8)20/h5-6H,2-4,13H2,(H,16,17,18). The fourth-order valence-electron chi connectivity index (χ4n) is 2.12. The first kappa shape index (κ1) is 13.5. The Balaban J connectivity index is 1.83. The lowest BCUT2D eigenvalue weighted by Gasteiger charge is -2.31. The number of aromatic nitrogens is 4. The second kappa shape index (κ2) is 5.16. The van der Waals surface area contributed by atoms with Crippen molar-refractivity contribution in [3.05, 3.63) is 23.0 Å². The van der Waals surface area contributed by atoms with Crippen molar-refractivity contribution in [3.8, 4) is 0 Å². The molecular weight excluding hydrogens is 296 g/mol. The maximum absolute atomic E-state index is 12.1. The van der Waals surface area contributed by atoms with Gasteiger partial charge in [-0.25, -0.2) is 17.4 Å². The Kier molecular flexibility index (Phi) is 3.32. The molecule has 21 heavy (non-hydrogen) atoms. The summed E-state index contributed by atoms with van der Waals surface area (Å²) in [5, 5.41) is 0.0154. The highest BCUT2D eigenvalue weighted by Crippen LogP contribution is 2.20. The molecule has 3 N–H and O–H groups in total. The maximum Gasteiger partial charge on any atom is 0.258 e. The van der Waals surface area contributed by atoms with E-state index in [1.54, 1.807) is 9.47 Å². The molecule has 0 saturated carbocycles. The average molecular weight is 307 g/mol. The molecule has 108 valence electrons. The zero-order valence-electron chi connectivity index (χ0n) is 10.8. The first-order valence-corrected chi connectivity index (χ1v) is 6.49. The van der Waals surface area contributed by atoms with Gasteiger partial charge in [0, 0.05) is 0 Å². The first-order chi connectivity index (χ1) is 10.1. The number of hydrogen-bond acceptors (Lipinski definition) is 6. The first-order valence-electron chi connectivity index (χ1n) is 6.11. The average Bonchev–Trinajstić information content (AvgIpc) is 2.79. The van der Waals surface area contributed by atoms with Crippen LogP contribution >= 0.6 is 11.6 Å². The lowest BCUT2D eigenvalue weighted by molar-refractivity contribution is -0.135. The van der Waals surface area contributed by atoms with Crippen LogP contribution in [0, 0.1) is 6.57 Å². The Morgan fingerprint density at radius 1 is 1.57 bits per heavy atom. The smallest absolute Gasteiger partial charge is 0.258 e. The molecule has 0 atom stereocenters. The predicted molar refractivity (Wildman–Crippen MR) is 75.1 cm³/mol. The Hall–Kier alpha value is -2.44. The molecule has 2 aromatic heterocycles. The minimum atomic E-state index is -0.0915. The van der Waals surface area contributed by atoms with Crippen LogP contribution in [-0.4, -0.2) is 49.5 Å². The number of nitrogens with two attached hydrogens (primary N) is 1. The molecule has 0 radical (unpaired) electrons. The molecule has 0 aromatic carbocycles. The summed E-state index contributed by atoms with van der Waals surface area (Å²) >= 11 is 5.82. The monoisotopic (exact) mass is 306 g/mol. The molecule has 1 saturated heterocycles. The summed E-state index contributed by atoms with van der Waals surface area (Å²) < 4.78 is 1.58. The maximum atomic E-state index is 12.1. The minimum Gasteiger partial charge on any atom is -0.325 e. The van der Waals surface area contributed by atoms with E-state index in [4.69, 9.17) is 24.0 Å². The SMILES string of the molecule is [C-]#[N+]C1CN(C(=O)Cn2cnc3c(NN)nc(Cl)nc32)C1. The van der Waals surface area contributed by atoms with E-state index in [1.165, 1.54) is 6.33 Å². The van der Waals surface area contributed by atoms with Crippen molar-refractivity contribution in [2.24, 2.45) is 5.84 Å². The van der Waals surface area contributed by atoms with Crippen LogP contribution in [-0.2, 0) is 11.3 Å². The van der Waals surface area contributed by atoms with Crippen molar-refractivity contribution in [2.75, 3.05) is 18.5 Å². The summed E-state index contributed by atoms with van der Waals surface area (Å²) in [6.45, 7) is 7.91. The van der Waals surface area contributed by atoms with Crippen LogP contribution in [0.5, 0.6) is 0 Å². The quantitative estimate of drug-likeness (QED) is 0.355. The van der Waals surface area contributed by atoms with Gasteiger partial charge in [-0.3, -0.25) is 4.79 Å². The second-order valence-corrected chi connectivity index (χ2v) is 4.95. The Bertz CT molecular complexity index is 744. The summed E-state index contributed by atoms with van der Waals surface area (Å²) in [5.74, 6) is 5.56. The van der Waals surface area contributed by atoms with Crippen molar-refractivity contribution in [1.29, 1.82) is 0 Å². The van der Waals surface area contributed by atoms with E-state index in [1.807, 2.05) is 0 Å². The molecule has 2 aromatic rings. The fourth-order valence-corrected chi connectivity index (χ4v) is 2.28. The third-order valence-corrected chi connectivity index (χ3v) is 3.45. The van der Waals surface area contributed by atoms with Crippen molar-refractivity contribution < 1.29 is 4.79 Å². The molecular formula is C11H11ClN8O. The number of amides is 1. The van der Waals surface area contributed by atoms with Gasteiger partial charge in [0.15, 0.2) is 17.0 Å². The van der Waals surface area contributed by atoms with Gasteiger partial charge in [0.25, 0.3) is 6.04 Å². The fraction of sp³-hybridized carbons (Fsp3) is 0.364. The number of nitrogens with one attached hydrogen (secondary N) is 1. The topological polar surface area (TPSA) is 106 Å². The van der Waals surface area contributed by atoms with Crippen molar-refractivity contribution in [1.82, 2.24) is 24.4 Å². The van der Waals surface area contributed by atoms with Gasteiger partial charge in [0.2, 0.25) is 11.2 Å². The van der Waals surface area contributed by atoms with Gasteiger partial charge >= 0.3 is 0 Å². The number of rotatable bonds is 3. The van der Waals surface area contributed by atoms with Crippen LogP contribution in [0.4, 0.5) is 5.82 Å². The Morgan fingerprint density at radius 3 is 3.00 bits per heavy atom. The number of hydrogen-bond donors (Lipinski definition) is 2. The zero-order valence-corrected chi connectivity index (χ0v) is 11.6. The number of hydrazine groups is 1. The normalized spacial score (nSPS) is 14.8. The van der Waals surface area contributed by atoms with E-state index in [2.05, 4.69) is 25.2 Å². The van der Waals surface area contributed by atoms with Crippen LogP contribution in [0.1, 0.15) is 0 Å². The molecule has 0 aliphatic carbocycles. The van der Waals surface area contributed by atoms with Gasteiger partial charge in [-0.2, -0.15) is 9.97 Å². The number of fused-ring (bicyclic) bond motifs is 1. The van der Waals surface area contributed by atoms with E-state index in [0.717, 1.165) is 0 Å². The molecule has 0 unspecified atom stereocenters.